The fourth-order valence-corrected chi connectivity index (χ4v) is 3.51. The van der Waals surface area contributed by atoms with Crippen molar-refractivity contribution in [3.05, 3.63) is 70.5 Å². The van der Waals surface area contributed by atoms with E-state index < -0.39 is 0 Å². The van der Waals surface area contributed by atoms with E-state index in [1.54, 1.807) is 30.5 Å². The second kappa shape index (κ2) is 8.78. The van der Waals surface area contributed by atoms with Gasteiger partial charge in [0, 0.05) is 48.2 Å². The van der Waals surface area contributed by atoms with E-state index in [2.05, 4.69) is 15.2 Å². The highest BCUT2D eigenvalue weighted by atomic mass is 35.5. The van der Waals surface area contributed by atoms with E-state index in [0.717, 1.165) is 42.9 Å². The van der Waals surface area contributed by atoms with Crippen molar-refractivity contribution in [2.24, 2.45) is 0 Å². The van der Waals surface area contributed by atoms with Gasteiger partial charge in [0.15, 0.2) is 0 Å². The molecular formula is C22H22ClN3O3. The van der Waals surface area contributed by atoms with Crippen LogP contribution in [0.3, 0.4) is 0 Å². The van der Waals surface area contributed by atoms with Crippen LogP contribution in [0, 0.1) is 0 Å². The quantitative estimate of drug-likeness (QED) is 0.673. The Bertz CT molecular complexity index is 1020. The van der Waals surface area contributed by atoms with Crippen molar-refractivity contribution in [1.29, 1.82) is 0 Å². The van der Waals surface area contributed by atoms with E-state index in [9.17, 15) is 9.90 Å². The number of phenols is 1. The number of morpholine rings is 1. The van der Waals surface area contributed by atoms with Gasteiger partial charge in [-0.1, -0.05) is 29.8 Å². The van der Waals surface area contributed by atoms with Gasteiger partial charge >= 0.3 is 0 Å². The van der Waals surface area contributed by atoms with Crippen LogP contribution in [0.15, 0.2) is 48.7 Å². The molecule has 2 heterocycles. The number of amides is 1. The molecule has 4 rings (SSSR count). The Labute approximate surface area is 174 Å². The van der Waals surface area contributed by atoms with Gasteiger partial charge in [0.1, 0.15) is 5.75 Å². The number of aromatic nitrogens is 1. The number of phenolic OH excluding ortho intramolecular Hbond substituents is 1. The topological polar surface area (TPSA) is 74.7 Å². The normalized spacial score (nSPS) is 14.8. The lowest BCUT2D eigenvalue weighted by atomic mass is 10.1. The Balaban J connectivity index is 1.52. The van der Waals surface area contributed by atoms with Crippen LogP contribution in [0.1, 0.15) is 21.6 Å². The minimum absolute atomic E-state index is 0.0262. The molecule has 2 N–H and O–H groups in total. The van der Waals surface area contributed by atoms with E-state index in [4.69, 9.17) is 16.3 Å². The maximum Gasteiger partial charge on any atom is 0.255 e. The summed E-state index contributed by atoms with van der Waals surface area (Å²) < 4.78 is 5.38. The summed E-state index contributed by atoms with van der Waals surface area (Å²) in [5.41, 5.74) is 2.03. The van der Waals surface area contributed by atoms with Gasteiger partial charge in [-0.3, -0.25) is 14.7 Å². The number of aromatic hydroxyl groups is 1. The molecule has 0 saturated carbocycles. The van der Waals surface area contributed by atoms with Crippen LogP contribution in [0.4, 0.5) is 0 Å². The van der Waals surface area contributed by atoms with Gasteiger partial charge in [0.2, 0.25) is 0 Å². The van der Waals surface area contributed by atoms with E-state index in [1.807, 2.05) is 18.2 Å². The fraction of sp³-hybridized carbons (Fsp3) is 0.273. The van der Waals surface area contributed by atoms with Gasteiger partial charge in [0.05, 0.1) is 24.5 Å². The van der Waals surface area contributed by atoms with Crippen LogP contribution >= 0.6 is 11.6 Å². The molecule has 2 aromatic carbocycles. The maximum atomic E-state index is 12.6. The molecule has 1 aliphatic rings. The zero-order valence-electron chi connectivity index (χ0n) is 15.9. The van der Waals surface area contributed by atoms with E-state index in [-0.39, 0.29) is 17.2 Å². The van der Waals surface area contributed by atoms with Gasteiger partial charge in [-0.2, -0.15) is 0 Å². The zero-order valence-corrected chi connectivity index (χ0v) is 16.7. The third kappa shape index (κ3) is 4.67. The standard InChI is InChI=1S/C22H22ClN3O3/c23-17-4-1-15(2-5-17)12-25-22(28)19-6-3-16-13-24-18(11-20(16)21(19)27)14-26-7-9-29-10-8-26/h1-6,11,13,27H,7-10,12,14H2,(H,25,28). The van der Waals surface area contributed by atoms with Gasteiger partial charge in [0.25, 0.3) is 5.91 Å². The van der Waals surface area contributed by atoms with Gasteiger partial charge < -0.3 is 15.2 Å². The molecule has 7 heteroatoms. The molecule has 1 aliphatic heterocycles. The second-order valence-corrected chi connectivity index (χ2v) is 7.49. The van der Waals surface area contributed by atoms with E-state index in [0.29, 0.717) is 23.5 Å². The lowest BCUT2D eigenvalue weighted by molar-refractivity contribution is 0.0337. The minimum Gasteiger partial charge on any atom is -0.506 e. The van der Waals surface area contributed by atoms with Crippen LogP contribution in [0.2, 0.25) is 5.02 Å². The number of fused-ring (bicyclic) bond motifs is 1. The summed E-state index contributed by atoms with van der Waals surface area (Å²) in [5.74, 6) is -0.354. The number of nitrogens with zero attached hydrogens (tertiary/aromatic N) is 2. The number of hydrogen-bond donors (Lipinski definition) is 2. The third-order valence-electron chi connectivity index (χ3n) is 5.03. The van der Waals surface area contributed by atoms with Crippen molar-refractivity contribution < 1.29 is 14.6 Å². The molecule has 1 fully saturated rings. The van der Waals surface area contributed by atoms with Crippen molar-refractivity contribution in [3.8, 4) is 5.75 Å². The molecule has 0 radical (unpaired) electrons. The summed E-state index contributed by atoms with van der Waals surface area (Å²) in [4.78, 5) is 19.4. The molecule has 0 spiro atoms. The van der Waals surface area contributed by atoms with Crippen LogP contribution in [0.5, 0.6) is 5.75 Å². The lowest BCUT2D eigenvalue weighted by Crippen LogP contribution is -2.35. The molecule has 3 aromatic rings. The average Bonchev–Trinajstić information content (AvgIpc) is 2.74. The lowest BCUT2D eigenvalue weighted by Gasteiger charge is -2.26. The van der Waals surface area contributed by atoms with Crippen molar-refractivity contribution in [1.82, 2.24) is 15.2 Å². The Hall–Kier alpha value is -2.67. The summed E-state index contributed by atoms with van der Waals surface area (Å²) >= 11 is 5.89. The number of rotatable bonds is 5. The summed E-state index contributed by atoms with van der Waals surface area (Å²) in [6.45, 7) is 4.20. The number of halogens is 1. The summed E-state index contributed by atoms with van der Waals surface area (Å²) in [7, 11) is 0. The molecule has 0 unspecified atom stereocenters. The monoisotopic (exact) mass is 411 g/mol. The third-order valence-corrected chi connectivity index (χ3v) is 5.28. The van der Waals surface area contributed by atoms with Gasteiger partial charge in [-0.05, 0) is 29.8 Å². The first kappa shape index (κ1) is 19.6. The molecule has 1 aromatic heterocycles. The molecule has 150 valence electrons. The first-order valence-corrected chi connectivity index (χ1v) is 9.91. The number of carbonyl (C=O) groups excluding carboxylic acids is 1. The Kier molecular flexibility index (Phi) is 5.94. The summed E-state index contributed by atoms with van der Waals surface area (Å²) in [6, 6.07) is 12.5. The number of pyridine rings is 1. The summed E-state index contributed by atoms with van der Waals surface area (Å²) in [5, 5.41) is 15.7. The second-order valence-electron chi connectivity index (χ2n) is 7.06. The smallest absolute Gasteiger partial charge is 0.255 e. The van der Waals surface area contributed by atoms with Crippen molar-refractivity contribution in [2.45, 2.75) is 13.1 Å². The first-order valence-electron chi connectivity index (χ1n) is 9.53. The molecule has 29 heavy (non-hydrogen) atoms. The SMILES string of the molecule is O=C(NCc1ccc(Cl)cc1)c1ccc2cnc(CN3CCOCC3)cc2c1O. The average molecular weight is 412 g/mol. The Morgan fingerprint density at radius 1 is 1.17 bits per heavy atom. The van der Waals surface area contributed by atoms with Crippen LogP contribution in [0.25, 0.3) is 10.8 Å². The van der Waals surface area contributed by atoms with Gasteiger partial charge in [-0.15, -0.1) is 0 Å². The van der Waals surface area contributed by atoms with Gasteiger partial charge in [-0.25, -0.2) is 0 Å². The number of hydrogen-bond acceptors (Lipinski definition) is 5. The number of carbonyl (C=O) groups is 1. The van der Waals surface area contributed by atoms with Crippen molar-refractivity contribution in [2.75, 3.05) is 26.3 Å². The minimum atomic E-state index is -0.328. The maximum absolute atomic E-state index is 12.6. The highest BCUT2D eigenvalue weighted by Crippen LogP contribution is 2.29. The van der Waals surface area contributed by atoms with Crippen LogP contribution in [-0.4, -0.2) is 47.2 Å². The molecular weight excluding hydrogens is 390 g/mol. The highest BCUT2D eigenvalue weighted by molar-refractivity contribution is 6.30. The zero-order chi connectivity index (χ0) is 20.2. The Morgan fingerprint density at radius 3 is 2.69 bits per heavy atom. The highest BCUT2D eigenvalue weighted by Gasteiger charge is 2.16. The number of benzene rings is 2. The van der Waals surface area contributed by atoms with Crippen molar-refractivity contribution >= 4 is 28.3 Å². The number of nitrogens with one attached hydrogen (secondary N) is 1. The molecule has 1 saturated heterocycles. The van der Waals surface area contributed by atoms with E-state index >= 15 is 0 Å². The molecule has 6 nitrogen and oxygen atoms in total. The fourth-order valence-electron chi connectivity index (χ4n) is 3.38. The largest absolute Gasteiger partial charge is 0.506 e. The molecule has 1 amide bonds. The summed E-state index contributed by atoms with van der Waals surface area (Å²) in [6.07, 6.45) is 1.74. The Morgan fingerprint density at radius 2 is 1.93 bits per heavy atom. The van der Waals surface area contributed by atoms with Crippen LogP contribution in [-0.2, 0) is 17.8 Å². The number of ether oxygens (including phenoxy) is 1. The molecule has 0 aliphatic carbocycles. The predicted molar refractivity (Wildman–Crippen MR) is 112 cm³/mol. The molecule has 0 bridgehead atoms. The van der Waals surface area contributed by atoms with Crippen LogP contribution < -0.4 is 5.32 Å². The first-order chi connectivity index (χ1) is 14.1. The van der Waals surface area contributed by atoms with Crippen molar-refractivity contribution in [3.63, 3.8) is 0 Å². The van der Waals surface area contributed by atoms with E-state index in [1.165, 1.54) is 0 Å². The predicted octanol–water partition coefficient (Wildman–Crippen LogP) is 3.36. The molecule has 0 atom stereocenters.